The van der Waals surface area contributed by atoms with Crippen LogP contribution in [0.2, 0.25) is 0 Å². The van der Waals surface area contributed by atoms with Crippen molar-refractivity contribution in [3.63, 3.8) is 0 Å². The van der Waals surface area contributed by atoms with E-state index in [9.17, 15) is 14.3 Å². The van der Waals surface area contributed by atoms with Crippen LogP contribution in [0.25, 0.3) is 10.2 Å². The van der Waals surface area contributed by atoms with Gasteiger partial charge in [0.05, 0.1) is 35.6 Å². The number of anilines is 3. The minimum atomic E-state index is -1.11. The van der Waals surface area contributed by atoms with E-state index in [2.05, 4.69) is 52.9 Å². The molecule has 6 rings (SSSR count). The minimum absolute atomic E-state index is 0.00919. The molecule has 0 amide bonds. The Labute approximate surface area is 279 Å². The molecule has 0 saturated carbocycles. The van der Waals surface area contributed by atoms with E-state index >= 15 is 0 Å². The van der Waals surface area contributed by atoms with Gasteiger partial charge in [-0.25, -0.2) is 19.2 Å². The van der Waals surface area contributed by atoms with Crippen LogP contribution in [0.15, 0.2) is 48.5 Å². The Bertz CT molecular complexity index is 1900. The number of aryl methyl sites for hydroxylation is 2. The Morgan fingerprint density at radius 1 is 1.11 bits per heavy atom. The third-order valence-corrected chi connectivity index (χ3v) is 9.38. The second-order valence-electron chi connectivity index (χ2n) is 10.9. The molecule has 47 heavy (non-hydrogen) atoms. The number of para-hydroxylation sites is 1. The number of carboxylic acid groups (broad SMARTS) is 1. The Morgan fingerprint density at radius 3 is 2.74 bits per heavy atom. The lowest BCUT2D eigenvalue weighted by molar-refractivity contribution is 0.0690. The lowest BCUT2D eigenvalue weighted by atomic mass is 10.2. The van der Waals surface area contributed by atoms with Gasteiger partial charge in [-0.2, -0.15) is 5.10 Å². The predicted octanol–water partition coefficient (Wildman–Crippen LogP) is 5.31. The number of carboxylic acids is 1. The Hall–Kier alpha value is -4.68. The highest BCUT2D eigenvalue weighted by Gasteiger charge is 2.18. The molecule has 0 bridgehead atoms. The van der Waals surface area contributed by atoms with Crippen LogP contribution in [0.3, 0.4) is 0 Å². The Balaban J connectivity index is 0.987. The van der Waals surface area contributed by atoms with Crippen LogP contribution >= 0.6 is 22.7 Å². The first-order chi connectivity index (χ1) is 22.9. The standard InChI is InChI=1S/C33H33FN8O3S2/c1-21-18-23(40-41-30(21)39-33-37-25-7-2-3-8-27(25)46-33)20-36-32-38-29(31(43)44)28(47-32)9-5-17-45-26-11-10-22(19-24(26)34)6-4-14-42-15-12-35-13-16-42/h2-3,7-8,10-11,18-19,35H,5,9,12-17,20H2,1H3,(H,36,38)(H,43,44)(H,37,39,41). The average Bonchev–Trinajstić information content (AvgIpc) is 3.68. The zero-order chi connectivity index (χ0) is 32.6. The number of ether oxygens (including phenoxy) is 1. The van der Waals surface area contributed by atoms with Gasteiger partial charge >= 0.3 is 5.97 Å². The Kier molecular flexibility index (Phi) is 10.5. The van der Waals surface area contributed by atoms with E-state index in [1.165, 1.54) is 17.4 Å². The van der Waals surface area contributed by atoms with Gasteiger partial charge in [-0.1, -0.05) is 35.3 Å². The third kappa shape index (κ3) is 8.57. The first kappa shape index (κ1) is 32.3. The maximum atomic E-state index is 14.6. The van der Waals surface area contributed by atoms with Crippen molar-refractivity contribution in [2.75, 3.05) is 50.0 Å². The molecular weight excluding hydrogens is 640 g/mol. The SMILES string of the molecule is Cc1cc(CNc2nc(C(=O)O)c(CCCOc3ccc(C#CCN4CCNCC4)cc3F)s2)nnc1Nc1nc2ccccc2s1. The first-order valence-corrected chi connectivity index (χ1v) is 16.8. The number of hydrogen-bond donors (Lipinski definition) is 4. The van der Waals surface area contributed by atoms with Crippen molar-refractivity contribution < 1.29 is 19.0 Å². The van der Waals surface area contributed by atoms with E-state index in [-0.39, 0.29) is 18.1 Å². The molecule has 0 spiro atoms. The predicted molar refractivity (Wildman–Crippen MR) is 182 cm³/mol. The monoisotopic (exact) mass is 672 g/mol. The number of halogens is 1. The zero-order valence-electron chi connectivity index (χ0n) is 25.7. The molecule has 4 heterocycles. The second-order valence-corrected chi connectivity index (χ2v) is 13.0. The summed E-state index contributed by atoms with van der Waals surface area (Å²) < 4.78 is 21.4. The van der Waals surface area contributed by atoms with Gasteiger partial charge in [0.25, 0.3) is 0 Å². The largest absolute Gasteiger partial charge is 0.491 e. The number of nitrogens with zero attached hydrogens (tertiary/aromatic N) is 5. The number of piperazine rings is 1. The van der Waals surface area contributed by atoms with Gasteiger partial charge < -0.3 is 25.8 Å². The number of rotatable bonds is 12. The minimum Gasteiger partial charge on any atom is -0.491 e. The molecule has 242 valence electrons. The van der Waals surface area contributed by atoms with Crippen molar-refractivity contribution in [3.8, 4) is 17.6 Å². The van der Waals surface area contributed by atoms with Crippen molar-refractivity contribution in [1.29, 1.82) is 0 Å². The summed E-state index contributed by atoms with van der Waals surface area (Å²) in [5.74, 6) is 5.30. The molecule has 1 saturated heterocycles. The van der Waals surface area contributed by atoms with Crippen LogP contribution in [0.5, 0.6) is 5.75 Å². The highest BCUT2D eigenvalue weighted by molar-refractivity contribution is 7.22. The maximum absolute atomic E-state index is 14.6. The number of hydrogen-bond acceptors (Lipinski definition) is 12. The molecule has 0 aliphatic carbocycles. The number of aromatic carboxylic acids is 1. The quantitative estimate of drug-likeness (QED) is 0.101. The van der Waals surface area contributed by atoms with Gasteiger partial charge in [-0.15, -0.1) is 16.4 Å². The summed E-state index contributed by atoms with van der Waals surface area (Å²) in [6.45, 7) is 6.95. The van der Waals surface area contributed by atoms with Gasteiger partial charge in [-0.3, -0.25) is 4.90 Å². The summed E-state index contributed by atoms with van der Waals surface area (Å²) in [7, 11) is 0. The van der Waals surface area contributed by atoms with Gasteiger partial charge in [0.2, 0.25) is 0 Å². The molecule has 1 aliphatic heterocycles. The van der Waals surface area contributed by atoms with Crippen molar-refractivity contribution in [3.05, 3.63) is 81.7 Å². The molecule has 14 heteroatoms. The van der Waals surface area contributed by atoms with Crippen molar-refractivity contribution >= 4 is 54.9 Å². The lowest BCUT2D eigenvalue weighted by Gasteiger charge is -2.24. The first-order valence-electron chi connectivity index (χ1n) is 15.2. The fourth-order valence-electron chi connectivity index (χ4n) is 4.94. The molecule has 1 fully saturated rings. The fraction of sp³-hybridized carbons (Fsp3) is 0.303. The van der Waals surface area contributed by atoms with Gasteiger partial charge in [0, 0.05) is 36.6 Å². The molecular formula is C33H33FN8O3S2. The average molecular weight is 673 g/mol. The molecule has 5 aromatic rings. The summed E-state index contributed by atoms with van der Waals surface area (Å²) in [5, 5.41) is 29.3. The van der Waals surface area contributed by atoms with E-state index in [4.69, 9.17) is 4.74 Å². The molecule has 11 nitrogen and oxygen atoms in total. The second kappa shape index (κ2) is 15.3. The zero-order valence-corrected chi connectivity index (χ0v) is 27.3. The molecule has 3 aromatic heterocycles. The molecule has 2 aromatic carbocycles. The van der Waals surface area contributed by atoms with Crippen molar-refractivity contribution in [2.24, 2.45) is 0 Å². The number of aromatic nitrogens is 4. The van der Waals surface area contributed by atoms with Crippen LogP contribution in [0, 0.1) is 24.6 Å². The fourth-order valence-corrected chi connectivity index (χ4v) is 6.80. The van der Waals surface area contributed by atoms with Crippen molar-refractivity contribution in [2.45, 2.75) is 26.3 Å². The highest BCUT2D eigenvalue weighted by atomic mass is 32.1. The molecule has 1 aliphatic rings. The number of carbonyl (C=O) groups is 1. The number of nitrogens with one attached hydrogen (secondary N) is 3. The Morgan fingerprint density at radius 2 is 1.96 bits per heavy atom. The van der Waals surface area contributed by atoms with Crippen LogP contribution in [-0.2, 0) is 13.0 Å². The molecule has 0 unspecified atom stereocenters. The third-order valence-electron chi connectivity index (χ3n) is 7.36. The van der Waals surface area contributed by atoms with E-state index < -0.39 is 11.8 Å². The van der Waals surface area contributed by atoms with E-state index in [1.54, 1.807) is 23.5 Å². The number of thiazole rings is 2. The summed E-state index contributed by atoms with van der Waals surface area (Å²) >= 11 is 2.81. The van der Waals surface area contributed by atoms with Crippen LogP contribution in [0.1, 0.15) is 38.6 Å². The van der Waals surface area contributed by atoms with Gasteiger partial charge in [-0.05, 0) is 61.7 Å². The summed E-state index contributed by atoms with van der Waals surface area (Å²) in [5.41, 5.74) is 3.08. The molecule has 0 radical (unpaired) electrons. The normalized spacial score (nSPS) is 13.2. The lowest BCUT2D eigenvalue weighted by Crippen LogP contribution is -2.43. The van der Waals surface area contributed by atoms with Crippen LogP contribution < -0.4 is 20.7 Å². The number of fused-ring (bicyclic) bond motifs is 1. The van der Waals surface area contributed by atoms with E-state index in [1.807, 2.05) is 37.3 Å². The summed E-state index contributed by atoms with van der Waals surface area (Å²) in [6.07, 6.45) is 0.907. The summed E-state index contributed by atoms with van der Waals surface area (Å²) in [4.78, 5) is 23.6. The molecule has 0 atom stereocenters. The summed E-state index contributed by atoms with van der Waals surface area (Å²) in [6, 6.07) is 14.5. The van der Waals surface area contributed by atoms with Crippen LogP contribution in [0.4, 0.5) is 20.5 Å². The van der Waals surface area contributed by atoms with Gasteiger partial charge in [0.1, 0.15) is 0 Å². The smallest absolute Gasteiger partial charge is 0.355 e. The van der Waals surface area contributed by atoms with E-state index in [0.717, 1.165) is 47.1 Å². The van der Waals surface area contributed by atoms with Crippen LogP contribution in [-0.4, -0.2) is 75.5 Å². The van der Waals surface area contributed by atoms with E-state index in [0.29, 0.717) is 53.0 Å². The molecule has 4 N–H and O–H groups in total. The number of benzene rings is 2. The maximum Gasteiger partial charge on any atom is 0.355 e. The topological polar surface area (TPSA) is 137 Å². The highest BCUT2D eigenvalue weighted by Crippen LogP contribution is 2.29. The van der Waals surface area contributed by atoms with Gasteiger partial charge in [0.15, 0.2) is 33.3 Å². The van der Waals surface area contributed by atoms with Crippen molar-refractivity contribution in [1.82, 2.24) is 30.4 Å².